The number of hydrogen-bond acceptors (Lipinski definition) is 0. The first-order valence-corrected chi connectivity index (χ1v) is 5.74. The molecule has 0 amide bonds. The summed E-state index contributed by atoms with van der Waals surface area (Å²) < 4.78 is 0. The highest BCUT2D eigenvalue weighted by Gasteiger charge is 2.01. The van der Waals surface area contributed by atoms with E-state index in [-0.39, 0.29) is 0 Å². The number of rotatable bonds is 3. The van der Waals surface area contributed by atoms with Crippen LogP contribution in [0.3, 0.4) is 0 Å². The number of alkyl halides is 1. The number of halogens is 1. The fraction of sp³-hybridized carbons (Fsp3) is 0.0667. The van der Waals surface area contributed by atoms with Gasteiger partial charge < -0.3 is 0 Å². The minimum absolute atomic E-state index is 0.554. The van der Waals surface area contributed by atoms with Crippen molar-refractivity contribution in [2.45, 2.75) is 5.88 Å². The summed E-state index contributed by atoms with van der Waals surface area (Å²) >= 11 is 5.75. The van der Waals surface area contributed by atoms with Gasteiger partial charge in [-0.15, -0.1) is 11.6 Å². The third-order valence-corrected chi connectivity index (χ3v) is 2.89. The average Bonchev–Trinajstić information content (AvgIpc) is 2.39. The summed E-state index contributed by atoms with van der Waals surface area (Å²) in [5.41, 5.74) is 4.47. The van der Waals surface area contributed by atoms with Gasteiger partial charge in [-0.25, -0.2) is 0 Å². The van der Waals surface area contributed by atoms with E-state index in [2.05, 4.69) is 30.8 Å². The third-order valence-electron chi connectivity index (χ3n) is 2.58. The molecule has 0 saturated heterocycles. The molecule has 1 heteroatoms. The summed E-state index contributed by atoms with van der Waals surface area (Å²) in [5.74, 6) is 0.554. The van der Waals surface area contributed by atoms with Crippen molar-refractivity contribution in [2.24, 2.45) is 0 Å². The van der Waals surface area contributed by atoms with Gasteiger partial charge in [-0.05, 0) is 22.3 Å². The van der Waals surface area contributed by atoms with Crippen LogP contribution in [0.25, 0.3) is 5.57 Å². The van der Waals surface area contributed by atoms with E-state index in [1.807, 2.05) is 30.3 Å². The molecule has 0 radical (unpaired) electrons. The minimum atomic E-state index is 0.554. The minimum Gasteiger partial charge on any atom is -0.122 e. The van der Waals surface area contributed by atoms with E-state index in [0.717, 1.165) is 22.3 Å². The van der Waals surface area contributed by atoms with Crippen LogP contribution >= 0.6 is 11.6 Å². The first-order valence-electron chi connectivity index (χ1n) is 5.21. The summed E-state index contributed by atoms with van der Waals surface area (Å²) in [6.07, 6.45) is 0. The van der Waals surface area contributed by atoms with Gasteiger partial charge in [0.15, 0.2) is 0 Å². The van der Waals surface area contributed by atoms with E-state index in [0.29, 0.717) is 5.88 Å². The molecule has 0 heterocycles. The molecule has 2 aromatic rings. The topological polar surface area (TPSA) is 0 Å². The molecule has 0 unspecified atom stereocenters. The molecular weight excluding hydrogens is 216 g/mol. The SMILES string of the molecule is C=C(c1ccccc1)c1ccc(CCl)cc1. The number of hydrogen-bond donors (Lipinski definition) is 0. The summed E-state index contributed by atoms with van der Waals surface area (Å²) in [4.78, 5) is 0. The Hall–Kier alpha value is -1.53. The molecule has 0 aliphatic carbocycles. The van der Waals surface area contributed by atoms with Gasteiger partial charge in [0.05, 0.1) is 0 Å². The van der Waals surface area contributed by atoms with Crippen LogP contribution in [0.2, 0.25) is 0 Å². The van der Waals surface area contributed by atoms with Crippen LogP contribution in [-0.4, -0.2) is 0 Å². The first-order chi connectivity index (χ1) is 7.81. The zero-order valence-electron chi connectivity index (χ0n) is 8.99. The summed E-state index contributed by atoms with van der Waals surface area (Å²) in [6.45, 7) is 4.12. The molecule has 2 rings (SSSR count). The van der Waals surface area contributed by atoms with Crippen LogP contribution in [0.15, 0.2) is 61.2 Å². The molecule has 2 aromatic carbocycles. The molecule has 0 N–H and O–H groups in total. The second-order valence-corrected chi connectivity index (χ2v) is 3.94. The molecule has 0 aromatic heterocycles. The van der Waals surface area contributed by atoms with Gasteiger partial charge in [0.1, 0.15) is 0 Å². The van der Waals surface area contributed by atoms with Gasteiger partial charge in [0, 0.05) is 5.88 Å². The molecule has 16 heavy (non-hydrogen) atoms. The van der Waals surface area contributed by atoms with Crippen LogP contribution in [0.1, 0.15) is 16.7 Å². The third kappa shape index (κ3) is 2.34. The predicted octanol–water partition coefficient (Wildman–Crippen LogP) is 4.49. The molecule has 0 aliphatic rings. The first kappa shape index (κ1) is 11.0. The van der Waals surface area contributed by atoms with Gasteiger partial charge in [0.25, 0.3) is 0 Å². The van der Waals surface area contributed by atoms with Gasteiger partial charge in [-0.2, -0.15) is 0 Å². The Balaban J connectivity index is 2.28. The van der Waals surface area contributed by atoms with Crippen LogP contribution in [0.5, 0.6) is 0 Å². The maximum absolute atomic E-state index is 5.75. The van der Waals surface area contributed by atoms with Crippen LogP contribution in [0, 0.1) is 0 Å². The Morgan fingerprint density at radius 1 is 0.875 bits per heavy atom. The lowest BCUT2D eigenvalue weighted by Gasteiger charge is -2.06. The van der Waals surface area contributed by atoms with E-state index in [1.54, 1.807) is 0 Å². The molecule has 0 nitrogen and oxygen atoms in total. The Morgan fingerprint density at radius 3 is 2.00 bits per heavy atom. The quantitative estimate of drug-likeness (QED) is 0.680. The maximum Gasteiger partial charge on any atom is 0.0474 e. The molecule has 0 saturated carbocycles. The van der Waals surface area contributed by atoms with Crippen molar-refractivity contribution in [2.75, 3.05) is 0 Å². The number of benzene rings is 2. The molecule has 0 spiro atoms. The van der Waals surface area contributed by atoms with Crippen molar-refractivity contribution in [3.63, 3.8) is 0 Å². The van der Waals surface area contributed by atoms with Gasteiger partial charge >= 0.3 is 0 Å². The summed E-state index contributed by atoms with van der Waals surface area (Å²) in [6, 6.07) is 18.4. The smallest absolute Gasteiger partial charge is 0.0474 e. The highest BCUT2D eigenvalue weighted by molar-refractivity contribution is 6.17. The summed E-state index contributed by atoms with van der Waals surface area (Å²) in [7, 11) is 0. The van der Waals surface area contributed by atoms with Gasteiger partial charge in [-0.3, -0.25) is 0 Å². The van der Waals surface area contributed by atoms with Crippen molar-refractivity contribution >= 4 is 17.2 Å². The fourth-order valence-corrected chi connectivity index (χ4v) is 1.78. The molecule has 0 fully saturated rings. The Bertz CT molecular complexity index is 469. The van der Waals surface area contributed by atoms with E-state index >= 15 is 0 Å². The van der Waals surface area contributed by atoms with Crippen LogP contribution in [0.4, 0.5) is 0 Å². The van der Waals surface area contributed by atoms with Gasteiger partial charge in [0.2, 0.25) is 0 Å². The zero-order valence-corrected chi connectivity index (χ0v) is 9.74. The standard InChI is InChI=1S/C15H13Cl/c1-12(14-5-3-2-4-6-14)15-9-7-13(11-16)8-10-15/h2-10H,1,11H2. The lowest BCUT2D eigenvalue weighted by atomic mass is 9.99. The van der Waals surface area contributed by atoms with Crippen molar-refractivity contribution in [1.29, 1.82) is 0 Å². The highest BCUT2D eigenvalue weighted by Crippen LogP contribution is 2.21. The Kier molecular flexibility index (Phi) is 3.43. The largest absolute Gasteiger partial charge is 0.122 e. The lowest BCUT2D eigenvalue weighted by molar-refractivity contribution is 1.39. The molecule has 80 valence electrons. The Morgan fingerprint density at radius 2 is 1.44 bits per heavy atom. The normalized spacial score (nSPS) is 10.1. The van der Waals surface area contributed by atoms with E-state index < -0.39 is 0 Å². The van der Waals surface area contributed by atoms with E-state index in [9.17, 15) is 0 Å². The van der Waals surface area contributed by atoms with Crippen molar-refractivity contribution in [3.8, 4) is 0 Å². The summed E-state index contributed by atoms with van der Waals surface area (Å²) in [5, 5.41) is 0. The van der Waals surface area contributed by atoms with E-state index in [4.69, 9.17) is 11.6 Å². The molecule has 0 aliphatic heterocycles. The predicted molar refractivity (Wildman–Crippen MR) is 70.6 cm³/mol. The van der Waals surface area contributed by atoms with Crippen LogP contribution < -0.4 is 0 Å². The fourth-order valence-electron chi connectivity index (χ4n) is 1.60. The zero-order chi connectivity index (χ0) is 11.4. The van der Waals surface area contributed by atoms with Crippen molar-refractivity contribution in [3.05, 3.63) is 77.9 Å². The highest BCUT2D eigenvalue weighted by atomic mass is 35.5. The van der Waals surface area contributed by atoms with Gasteiger partial charge in [-0.1, -0.05) is 61.2 Å². The average molecular weight is 229 g/mol. The monoisotopic (exact) mass is 228 g/mol. The molecule has 0 bridgehead atoms. The second kappa shape index (κ2) is 5.00. The Labute approximate surface area is 101 Å². The van der Waals surface area contributed by atoms with Crippen molar-refractivity contribution < 1.29 is 0 Å². The van der Waals surface area contributed by atoms with Crippen molar-refractivity contribution in [1.82, 2.24) is 0 Å². The van der Waals surface area contributed by atoms with Crippen LogP contribution in [-0.2, 0) is 5.88 Å². The molecular formula is C15H13Cl. The maximum atomic E-state index is 5.75. The van der Waals surface area contributed by atoms with E-state index in [1.165, 1.54) is 0 Å². The molecule has 0 atom stereocenters. The second-order valence-electron chi connectivity index (χ2n) is 3.68. The lowest BCUT2D eigenvalue weighted by Crippen LogP contribution is -1.86.